The molecule has 0 bridgehead atoms. The number of rotatable bonds is 6. The summed E-state index contributed by atoms with van der Waals surface area (Å²) >= 11 is 0. The molecule has 126 valence electrons. The number of aliphatic hydroxyl groups is 1. The zero-order chi connectivity index (χ0) is 16.5. The average molecular weight is 318 g/mol. The van der Waals surface area contributed by atoms with E-state index in [4.69, 9.17) is 5.11 Å². The number of aliphatic hydroxyl groups excluding tert-OH is 1. The zero-order valence-corrected chi connectivity index (χ0v) is 13.5. The molecule has 5 heteroatoms. The van der Waals surface area contributed by atoms with Crippen LogP contribution in [0.4, 0.5) is 0 Å². The molecule has 1 saturated carbocycles. The summed E-state index contributed by atoms with van der Waals surface area (Å²) in [6.07, 6.45) is 5.16. The van der Waals surface area contributed by atoms with Gasteiger partial charge in [-0.2, -0.15) is 0 Å². The quantitative estimate of drug-likeness (QED) is 0.548. The highest BCUT2D eigenvalue weighted by molar-refractivity contribution is 6.35. The molecular weight excluding hydrogens is 292 g/mol. The lowest BCUT2D eigenvalue weighted by atomic mass is 9.86. The Morgan fingerprint density at radius 3 is 2.39 bits per heavy atom. The average Bonchev–Trinajstić information content (AvgIpc) is 2.60. The number of hydrogen-bond acceptors (Lipinski definition) is 3. The lowest BCUT2D eigenvalue weighted by molar-refractivity contribution is -0.139. The summed E-state index contributed by atoms with van der Waals surface area (Å²) in [6.45, 7) is 0.709. The summed E-state index contributed by atoms with van der Waals surface area (Å²) < 4.78 is 0. The maximum absolute atomic E-state index is 11.9. The Labute approximate surface area is 137 Å². The molecule has 0 radical (unpaired) electrons. The summed E-state index contributed by atoms with van der Waals surface area (Å²) in [6, 6.07) is 10.1. The van der Waals surface area contributed by atoms with Crippen LogP contribution in [0.3, 0.4) is 0 Å². The zero-order valence-electron chi connectivity index (χ0n) is 13.5. The number of carbonyl (C=O) groups is 2. The number of hydrogen-bond donors (Lipinski definition) is 3. The van der Waals surface area contributed by atoms with Crippen LogP contribution in [0.15, 0.2) is 30.3 Å². The highest BCUT2D eigenvalue weighted by Crippen LogP contribution is 2.23. The van der Waals surface area contributed by atoms with Gasteiger partial charge >= 0.3 is 11.8 Å². The SMILES string of the molecule is O=C(NCCCc1ccccc1)C(=O)NC1CCC(CO)CC1. The molecule has 0 aromatic heterocycles. The smallest absolute Gasteiger partial charge is 0.309 e. The van der Waals surface area contributed by atoms with Gasteiger partial charge in [-0.25, -0.2) is 0 Å². The Hall–Kier alpha value is -1.88. The first kappa shape index (κ1) is 17.5. The van der Waals surface area contributed by atoms with Crippen LogP contribution < -0.4 is 10.6 Å². The number of amides is 2. The van der Waals surface area contributed by atoms with Gasteiger partial charge in [0.2, 0.25) is 0 Å². The summed E-state index contributed by atoms with van der Waals surface area (Å²) in [5, 5.41) is 14.6. The second-order valence-electron chi connectivity index (χ2n) is 6.22. The van der Waals surface area contributed by atoms with Crippen LogP contribution in [0.2, 0.25) is 0 Å². The normalized spacial score (nSPS) is 20.7. The van der Waals surface area contributed by atoms with Crippen molar-refractivity contribution in [1.82, 2.24) is 10.6 Å². The van der Waals surface area contributed by atoms with E-state index in [0.717, 1.165) is 38.5 Å². The molecule has 0 heterocycles. The van der Waals surface area contributed by atoms with Crippen molar-refractivity contribution in [1.29, 1.82) is 0 Å². The van der Waals surface area contributed by atoms with Gasteiger partial charge in [-0.1, -0.05) is 30.3 Å². The highest BCUT2D eigenvalue weighted by Gasteiger charge is 2.23. The number of benzene rings is 1. The Kier molecular flexibility index (Phi) is 7.07. The summed E-state index contributed by atoms with van der Waals surface area (Å²) in [7, 11) is 0. The molecule has 1 aliphatic carbocycles. The topological polar surface area (TPSA) is 78.4 Å². The van der Waals surface area contributed by atoms with Gasteiger partial charge in [0.25, 0.3) is 0 Å². The molecule has 0 aliphatic heterocycles. The largest absolute Gasteiger partial charge is 0.396 e. The van der Waals surface area contributed by atoms with Crippen LogP contribution in [-0.2, 0) is 16.0 Å². The fourth-order valence-electron chi connectivity index (χ4n) is 2.96. The maximum atomic E-state index is 11.9. The molecule has 0 spiro atoms. The van der Waals surface area contributed by atoms with Gasteiger partial charge in [-0.3, -0.25) is 9.59 Å². The van der Waals surface area contributed by atoms with Crippen molar-refractivity contribution in [2.75, 3.05) is 13.2 Å². The number of carbonyl (C=O) groups excluding carboxylic acids is 2. The van der Waals surface area contributed by atoms with Gasteiger partial charge in [-0.15, -0.1) is 0 Å². The lowest BCUT2D eigenvalue weighted by Crippen LogP contribution is -2.46. The van der Waals surface area contributed by atoms with Gasteiger partial charge < -0.3 is 15.7 Å². The Morgan fingerprint density at radius 1 is 1.04 bits per heavy atom. The van der Waals surface area contributed by atoms with Crippen LogP contribution in [0.1, 0.15) is 37.7 Å². The predicted molar refractivity (Wildman–Crippen MR) is 88.7 cm³/mol. The third-order valence-corrected chi connectivity index (χ3v) is 4.42. The fourth-order valence-corrected chi connectivity index (χ4v) is 2.96. The molecular formula is C18H26N2O3. The summed E-state index contributed by atoms with van der Waals surface area (Å²) in [5.41, 5.74) is 1.23. The maximum Gasteiger partial charge on any atom is 0.309 e. The standard InChI is InChI=1S/C18H26N2O3/c21-13-15-8-10-16(11-9-15)20-18(23)17(22)19-12-4-7-14-5-2-1-3-6-14/h1-3,5-6,15-16,21H,4,7-13H2,(H,19,22)(H,20,23). The summed E-state index contributed by atoms with van der Waals surface area (Å²) in [5.74, 6) is -0.755. The van der Waals surface area contributed by atoms with Gasteiger partial charge in [0.1, 0.15) is 0 Å². The van der Waals surface area contributed by atoms with E-state index in [1.54, 1.807) is 0 Å². The van der Waals surface area contributed by atoms with Gasteiger partial charge in [0.15, 0.2) is 0 Å². The second kappa shape index (κ2) is 9.30. The molecule has 1 aromatic rings. The van der Waals surface area contributed by atoms with Gasteiger partial charge in [-0.05, 0) is 50.0 Å². The van der Waals surface area contributed by atoms with Crippen molar-refractivity contribution in [2.24, 2.45) is 5.92 Å². The number of aryl methyl sites for hydroxylation is 1. The first-order chi connectivity index (χ1) is 11.2. The van der Waals surface area contributed by atoms with Crippen LogP contribution in [0.5, 0.6) is 0 Å². The molecule has 1 aromatic carbocycles. The molecule has 1 fully saturated rings. The van der Waals surface area contributed by atoms with Crippen molar-refractivity contribution >= 4 is 11.8 Å². The first-order valence-corrected chi connectivity index (χ1v) is 8.42. The van der Waals surface area contributed by atoms with Crippen LogP contribution in [0.25, 0.3) is 0 Å². The first-order valence-electron chi connectivity index (χ1n) is 8.42. The van der Waals surface area contributed by atoms with Crippen molar-refractivity contribution in [3.05, 3.63) is 35.9 Å². The van der Waals surface area contributed by atoms with E-state index >= 15 is 0 Å². The van der Waals surface area contributed by atoms with Crippen LogP contribution in [-0.4, -0.2) is 36.1 Å². The lowest BCUT2D eigenvalue weighted by Gasteiger charge is -2.27. The Bertz CT molecular complexity index is 496. The Balaban J connectivity index is 1.60. The minimum Gasteiger partial charge on any atom is -0.396 e. The van der Waals surface area contributed by atoms with E-state index in [9.17, 15) is 9.59 Å². The summed E-state index contributed by atoms with van der Waals surface area (Å²) in [4.78, 5) is 23.6. The Morgan fingerprint density at radius 2 is 1.74 bits per heavy atom. The highest BCUT2D eigenvalue weighted by atomic mass is 16.3. The van der Waals surface area contributed by atoms with Crippen molar-refractivity contribution in [3.63, 3.8) is 0 Å². The molecule has 0 saturated heterocycles. The molecule has 23 heavy (non-hydrogen) atoms. The third-order valence-electron chi connectivity index (χ3n) is 4.42. The fraction of sp³-hybridized carbons (Fsp3) is 0.556. The van der Waals surface area contributed by atoms with E-state index in [-0.39, 0.29) is 12.6 Å². The minimum atomic E-state index is -0.553. The molecule has 0 atom stereocenters. The van der Waals surface area contributed by atoms with Crippen molar-refractivity contribution < 1.29 is 14.7 Å². The molecule has 1 aliphatic rings. The van der Waals surface area contributed by atoms with Gasteiger partial charge in [0.05, 0.1) is 0 Å². The molecule has 2 rings (SSSR count). The van der Waals surface area contributed by atoms with Crippen LogP contribution >= 0.6 is 0 Å². The van der Waals surface area contributed by atoms with E-state index in [2.05, 4.69) is 22.8 Å². The van der Waals surface area contributed by atoms with E-state index in [1.165, 1.54) is 5.56 Å². The molecule has 5 nitrogen and oxygen atoms in total. The van der Waals surface area contributed by atoms with Crippen LogP contribution in [0, 0.1) is 5.92 Å². The third kappa shape index (κ3) is 6.02. The predicted octanol–water partition coefficient (Wildman–Crippen LogP) is 1.40. The van der Waals surface area contributed by atoms with E-state index in [1.807, 2.05) is 18.2 Å². The van der Waals surface area contributed by atoms with Crippen molar-refractivity contribution in [2.45, 2.75) is 44.6 Å². The van der Waals surface area contributed by atoms with Gasteiger partial charge in [0, 0.05) is 19.2 Å². The van der Waals surface area contributed by atoms with E-state index < -0.39 is 11.8 Å². The number of nitrogens with one attached hydrogen (secondary N) is 2. The van der Waals surface area contributed by atoms with E-state index in [0.29, 0.717) is 12.5 Å². The van der Waals surface area contributed by atoms with Crippen molar-refractivity contribution in [3.8, 4) is 0 Å². The molecule has 2 amide bonds. The molecule has 3 N–H and O–H groups in total. The second-order valence-corrected chi connectivity index (χ2v) is 6.22. The monoisotopic (exact) mass is 318 g/mol. The molecule has 0 unspecified atom stereocenters. The minimum absolute atomic E-state index is 0.0559.